The molecule has 0 saturated heterocycles. The van der Waals surface area contributed by atoms with E-state index in [0.717, 1.165) is 28.5 Å². The lowest BCUT2D eigenvalue weighted by Gasteiger charge is -2.35. The molecule has 5 nitrogen and oxygen atoms in total. The number of anilines is 1. The number of benzene rings is 2. The van der Waals surface area contributed by atoms with E-state index in [1.165, 1.54) is 11.1 Å². The van der Waals surface area contributed by atoms with E-state index < -0.39 is 0 Å². The molecule has 3 aromatic rings. The maximum atomic E-state index is 12.8. The number of carbonyl (C=O) groups is 1. The second kappa shape index (κ2) is 7.19. The highest BCUT2D eigenvalue weighted by Gasteiger charge is 2.27. The number of pyridine rings is 1. The van der Waals surface area contributed by atoms with Gasteiger partial charge in [-0.25, -0.2) is 0 Å². The molecule has 1 aliphatic rings. The first-order valence-electron chi connectivity index (χ1n) is 8.96. The number of hydrogen-bond donors (Lipinski definition) is 2. The maximum absolute atomic E-state index is 12.8. The quantitative estimate of drug-likeness (QED) is 0.669. The number of aromatic amines is 1. The average Bonchev–Trinajstić information content (AvgIpc) is 2.66. The van der Waals surface area contributed by atoms with Gasteiger partial charge in [-0.1, -0.05) is 22.0 Å². The van der Waals surface area contributed by atoms with Crippen molar-refractivity contribution >= 4 is 38.3 Å². The zero-order chi connectivity index (χ0) is 19.0. The second-order valence-electron chi connectivity index (χ2n) is 6.82. The van der Waals surface area contributed by atoms with Crippen LogP contribution in [-0.4, -0.2) is 28.9 Å². The number of fused-ring (bicyclic) bond motifs is 2. The van der Waals surface area contributed by atoms with Gasteiger partial charge < -0.3 is 15.2 Å². The van der Waals surface area contributed by atoms with Crippen molar-refractivity contribution in [1.29, 1.82) is 0 Å². The van der Waals surface area contributed by atoms with E-state index in [2.05, 4.69) is 45.3 Å². The van der Waals surface area contributed by atoms with Crippen LogP contribution in [0.25, 0.3) is 10.8 Å². The summed E-state index contributed by atoms with van der Waals surface area (Å²) in [7, 11) is 0. The molecule has 1 unspecified atom stereocenters. The minimum atomic E-state index is -0.109. The van der Waals surface area contributed by atoms with E-state index in [9.17, 15) is 9.59 Å². The van der Waals surface area contributed by atoms with Gasteiger partial charge in [-0.05, 0) is 66.3 Å². The highest BCUT2D eigenvalue weighted by atomic mass is 79.9. The number of rotatable bonds is 3. The Balaban J connectivity index is 1.47. The summed E-state index contributed by atoms with van der Waals surface area (Å²) in [6.45, 7) is 3.02. The summed E-state index contributed by atoms with van der Waals surface area (Å²) in [6.07, 6.45) is 2.49. The molecule has 0 radical (unpaired) electrons. The third kappa shape index (κ3) is 3.49. The lowest BCUT2D eigenvalue weighted by atomic mass is 9.93. The zero-order valence-electron chi connectivity index (χ0n) is 15.0. The topological polar surface area (TPSA) is 65.2 Å². The van der Waals surface area contributed by atoms with Crippen LogP contribution in [-0.2, 0) is 11.2 Å². The van der Waals surface area contributed by atoms with E-state index in [-0.39, 0.29) is 24.1 Å². The third-order valence-corrected chi connectivity index (χ3v) is 5.68. The van der Waals surface area contributed by atoms with Crippen LogP contribution in [0.5, 0.6) is 0 Å². The van der Waals surface area contributed by atoms with Crippen LogP contribution < -0.4 is 10.9 Å². The van der Waals surface area contributed by atoms with Gasteiger partial charge in [0, 0.05) is 28.3 Å². The predicted octanol–water partition coefficient (Wildman–Crippen LogP) is 3.85. The maximum Gasteiger partial charge on any atom is 0.255 e. The average molecular weight is 426 g/mol. The van der Waals surface area contributed by atoms with Crippen molar-refractivity contribution in [3.63, 3.8) is 0 Å². The molecule has 1 aliphatic heterocycles. The Bertz CT molecular complexity index is 1080. The number of nitrogens with one attached hydrogen (secondary N) is 2. The van der Waals surface area contributed by atoms with Crippen molar-refractivity contribution in [3.8, 4) is 0 Å². The van der Waals surface area contributed by atoms with Gasteiger partial charge in [0.15, 0.2) is 0 Å². The SMILES string of the molecule is CC1c2ccc(Br)cc2CCN1C(=O)CNc1ccc2c(=O)[nH]ccc2c1. The first kappa shape index (κ1) is 17.8. The Kier molecular flexibility index (Phi) is 4.74. The van der Waals surface area contributed by atoms with Crippen LogP contribution in [0.3, 0.4) is 0 Å². The fourth-order valence-corrected chi connectivity index (χ4v) is 4.13. The summed E-state index contributed by atoms with van der Waals surface area (Å²) in [4.78, 5) is 29.1. The molecule has 4 rings (SSSR count). The lowest BCUT2D eigenvalue weighted by molar-refractivity contribution is -0.131. The summed E-state index contributed by atoms with van der Waals surface area (Å²) in [5.41, 5.74) is 3.23. The number of H-pyrrole nitrogens is 1. The van der Waals surface area contributed by atoms with Crippen molar-refractivity contribution in [2.24, 2.45) is 0 Å². The fraction of sp³-hybridized carbons (Fsp3) is 0.238. The van der Waals surface area contributed by atoms with Crippen molar-refractivity contribution in [1.82, 2.24) is 9.88 Å². The second-order valence-corrected chi connectivity index (χ2v) is 7.73. The summed E-state index contributed by atoms with van der Waals surface area (Å²) >= 11 is 3.51. The molecule has 1 aromatic heterocycles. The third-order valence-electron chi connectivity index (χ3n) is 5.18. The molecule has 0 saturated carbocycles. The molecule has 2 N–H and O–H groups in total. The molecule has 27 heavy (non-hydrogen) atoms. The van der Waals surface area contributed by atoms with Crippen LogP contribution in [0.15, 0.2) is 57.9 Å². The van der Waals surface area contributed by atoms with Gasteiger partial charge in [0.1, 0.15) is 0 Å². The minimum Gasteiger partial charge on any atom is -0.376 e. The molecule has 1 atom stereocenters. The molecule has 1 amide bonds. The summed E-state index contributed by atoms with van der Waals surface area (Å²) in [6, 6.07) is 13.7. The Morgan fingerprint density at radius 3 is 2.96 bits per heavy atom. The molecular formula is C21H20BrN3O2. The van der Waals surface area contributed by atoms with Gasteiger partial charge in [-0.15, -0.1) is 0 Å². The first-order chi connectivity index (χ1) is 13.0. The number of nitrogens with zero attached hydrogens (tertiary/aromatic N) is 1. The van der Waals surface area contributed by atoms with Crippen LogP contribution in [0.1, 0.15) is 24.1 Å². The molecule has 138 valence electrons. The smallest absolute Gasteiger partial charge is 0.255 e. The minimum absolute atomic E-state index is 0.0614. The number of amides is 1. The predicted molar refractivity (Wildman–Crippen MR) is 111 cm³/mol. The largest absolute Gasteiger partial charge is 0.376 e. The molecule has 0 fully saturated rings. The lowest BCUT2D eigenvalue weighted by Crippen LogP contribution is -2.41. The van der Waals surface area contributed by atoms with E-state index in [1.54, 1.807) is 12.3 Å². The van der Waals surface area contributed by atoms with E-state index in [4.69, 9.17) is 0 Å². The highest BCUT2D eigenvalue weighted by Crippen LogP contribution is 2.31. The number of carbonyl (C=O) groups excluding carboxylic acids is 1. The van der Waals surface area contributed by atoms with Gasteiger partial charge in [0.25, 0.3) is 5.56 Å². The van der Waals surface area contributed by atoms with E-state index >= 15 is 0 Å². The Hall–Kier alpha value is -2.60. The molecule has 0 aliphatic carbocycles. The van der Waals surface area contributed by atoms with Crippen LogP contribution in [0.4, 0.5) is 5.69 Å². The van der Waals surface area contributed by atoms with Crippen LogP contribution >= 0.6 is 15.9 Å². The van der Waals surface area contributed by atoms with Gasteiger partial charge in [0.05, 0.1) is 12.6 Å². The van der Waals surface area contributed by atoms with Gasteiger partial charge in [0.2, 0.25) is 5.91 Å². The Morgan fingerprint density at radius 1 is 1.26 bits per heavy atom. The number of hydrogen-bond acceptors (Lipinski definition) is 3. The summed E-state index contributed by atoms with van der Waals surface area (Å²) < 4.78 is 1.07. The molecular weight excluding hydrogens is 406 g/mol. The van der Waals surface area contributed by atoms with Crippen molar-refractivity contribution in [3.05, 3.63) is 74.6 Å². The van der Waals surface area contributed by atoms with Crippen molar-refractivity contribution in [2.45, 2.75) is 19.4 Å². The van der Waals surface area contributed by atoms with E-state index in [1.807, 2.05) is 29.2 Å². The zero-order valence-corrected chi connectivity index (χ0v) is 16.5. The number of halogens is 1. The van der Waals surface area contributed by atoms with Gasteiger partial charge in [-0.2, -0.15) is 0 Å². The monoisotopic (exact) mass is 425 g/mol. The summed E-state index contributed by atoms with van der Waals surface area (Å²) in [5.74, 6) is 0.0714. The standard InChI is InChI=1S/C21H20BrN3O2/c1-13-18-4-2-16(22)10-15(18)7-9-25(13)20(26)12-24-17-3-5-19-14(11-17)6-8-23-21(19)27/h2-6,8,10-11,13,24H,7,9,12H2,1H3,(H,23,27). The Labute approximate surface area is 165 Å². The molecule has 2 heterocycles. The van der Waals surface area contributed by atoms with Crippen molar-refractivity contribution < 1.29 is 4.79 Å². The first-order valence-corrected chi connectivity index (χ1v) is 9.75. The molecule has 0 bridgehead atoms. The highest BCUT2D eigenvalue weighted by molar-refractivity contribution is 9.10. The van der Waals surface area contributed by atoms with Gasteiger partial charge >= 0.3 is 0 Å². The van der Waals surface area contributed by atoms with Gasteiger partial charge in [-0.3, -0.25) is 9.59 Å². The fourth-order valence-electron chi connectivity index (χ4n) is 3.72. The van der Waals surface area contributed by atoms with E-state index in [0.29, 0.717) is 5.39 Å². The van der Waals surface area contributed by atoms with Crippen LogP contribution in [0, 0.1) is 0 Å². The van der Waals surface area contributed by atoms with Crippen LogP contribution in [0.2, 0.25) is 0 Å². The Morgan fingerprint density at radius 2 is 2.11 bits per heavy atom. The van der Waals surface area contributed by atoms with Crippen molar-refractivity contribution in [2.75, 3.05) is 18.4 Å². The summed E-state index contributed by atoms with van der Waals surface area (Å²) in [5, 5.41) is 4.69. The normalized spacial score (nSPS) is 16.2. The molecule has 2 aromatic carbocycles. The number of aromatic nitrogens is 1. The molecule has 0 spiro atoms. The molecule has 6 heteroatoms.